The van der Waals surface area contributed by atoms with Gasteiger partial charge in [0.15, 0.2) is 0 Å². The van der Waals surface area contributed by atoms with Gasteiger partial charge in [0, 0.05) is 25.9 Å². The quantitative estimate of drug-likeness (QED) is 0.116. The Hall–Kier alpha value is -0.740. The Kier molecular flexibility index (Phi) is 20.5. The number of halogens is 2. The molecule has 0 aromatic heterocycles. The van der Waals surface area contributed by atoms with Crippen LogP contribution in [0.5, 0.6) is 0 Å². The molecule has 2 amide bonds. The van der Waals surface area contributed by atoms with E-state index in [9.17, 15) is 9.59 Å². The van der Waals surface area contributed by atoms with E-state index in [1.165, 1.54) is 12.2 Å². The van der Waals surface area contributed by atoms with Crippen LogP contribution >= 0.6 is 0 Å². The van der Waals surface area contributed by atoms with Crippen LogP contribution in [0.2, 0.25) is 0 Å². The van der Waals surface area contributed by atoms with Crippen LogP contribution in [0.1, 0.15) is 12.8 Å². The van der Waals surface area contributed by atoms with Gasteiger partial charge in [-0.2, -0.15) is 0 Å². The van der Waals surface area contributed by atoms with Crippen LogP contribution in [0.15, 0.2) is 25.3 Å². The first kappa shape index (κ1) is 32.9. The summed E-state index contributed by atoms with van der Waals surface area (Å²) in [4.78, 5) is 22.2. The summed E-state index contributed by atoms with van der Waals surface area (Å²) in [6.07, 6.45) is 4.45. The molecule has 7 nitrogen and oxygen atoms in total. The molecule has 29 heavy (non-hydrogen) atoms. The zero-order valence-electron chi connectivity index (χ0n) is 18.5. The zero-order valence-corrected chi connectivity index (χ0v) is 21.7. The maximum atomic E-state index is 11.1. The van der Waals surface area contributed by atoms with Crippen molar-refractivity contribution in [3.63, 3.8) is 0 Å². The summed E-state index contributed by atoms with van der Waals surface area (Å²) in [5.74, 6) is -0.236. The topological polar surface area (TPSA) is 67.4 Å². The summed E-state index contributed by atoms with van der Waals surface area (Å²) in [6.45, 7) is 13.5. The molecular weight excluding hydrogens is 504 g/mol. The molecule has 0 rings (SSSR count). The molecule has 0 atom stereocenters. The van der Waals surface area contributed by atoms with Gasteiger partial charge in [0.2, 0.25) is 11.8 Å². The highest BCUT2D eigenvalue weighted by Crippen LogP contribution is 2.01. The molecule has 0 saturated carbocycles. The molecule has 0 bridgehead atoms. The molecule has 0 aliphatic carbocycles. The van der Waals surface area contributed by atoms with Gasteiger partial charge in [-0.3, -0.25) is 9.59 Å². The Bertz CT molecular complexity index is 444. The van der Waals surface area contributed by atoms with Crippen molar-refractivity contribution in [1.82, 2.24) is 10.6 Å². The standard InChI is InChI=1S/C20H38N4O3.2BrH/c1-7-19(25)21-11-9-13-23(3,4)15-17-27-18-16-24(5,6)14-10-12-22-20(26)8-2;;/h7-8H,1-2,9-18H2,3-6H3;2*1H. The van der Waals surface area contributed by atoms with E-state index in [1.54, 1.807) is 0 Å². The molecule has 0 saturated heterocycles. The number of amides is 2. The Labute approximate surface area is 198 Å². The van der Waals surface area contributed by atoms with Crippen molar-refractivity contribution in [2.45, 2.75) is 12.8 Å². The molecule has 2 N–H and O–H groups in total. The number of rotatable bonds is 16. The number of hydrogen-bond donors (Lipinski definition) is 2. The van der Waals surface area contributed by atoms with Crippen LogP contribution in [0.4, 0.5) is 0 Å². The van der Waals surface area contributed by atoms with Gasteiger partial charge in [-0.1, -0.05) is 13.2 Å². The number of hydrogen-bond acceptors (Lipinski definition) is 3. The van der Waals surface area contributed by atoms with Gasteiger partial charge < -0.3 is 58.3 Å². The van der Waals surface area contributed by atoms with Crippen LogP contribution in [-0.2, 0) is 14.3 Å². The molecule has 0 unspecified atom stereocenters. The lowest BCUT2D eigenvalue weighted by atomic mass is 10.3. The first-order valence-corrected chi connectivity index (χ1v) is 9.64. The molecule has 0 aromatic carbocycles. The molecule has 0 aromatic rings. The molecule has 0 aliphatic heterocycles. The minimum absolute atomic E-state index is 0. The SMILES string of the molecule is C=CC(=O)NCCC[N+](C)(C)CCOCC[N+](C)(C)CCCNC(=O)C=C.[Br-].[Br-]. The highest BCUT2D eigenvalue weighted by molar-refractivity contribution is 5.87. The van der Waals surface area contributed by atoms with E-state index in [0.29, 0.717) is 13.1 Å². The third kappa shape index (κ3) is 20.3. The van der Waals surface area contributed by atoms with Gasteiger partial charge in [-0.25, -0.2) is 0 Å². The van der Waals surface area contributed by atoms with Gasteiger partial charge in [-0.15, -0.1) is 0 Å². The second kappa shape index (κ2) is 18.1. The molecule has 9 heteroatoms. The Balaban J connectivity index is -0.00000338. The van der Waals surface area contributed by atoms with E-state index in [0.717, 1.165) is 61.2 Å². The van der Waals surface area contributed by atoms with E-state index in [-0.39, 0.29) is 45.8 Å². The minimum Gasteiger partial charge on any atom is -1.00 e. The lowest BCUT2D eigenvalue weighted by molar-refractivity contribution is -0.894. The number of carbonyl (C=O) groups is 2. The number of quaternary nitrogens is 2. The maximum Gasteiger partial charge on any atom is 0.243 e. The number of carbonyl (C=O) groups excluding carboxylic acids is 2. The summed E-state index contributed by atoms with van der Waals surface area (Å²) < 4.78 is 7.56. The van der Waals surface area contributed by atoms with Gasteiger partial charge in [0.1, 0.15) is 13.1 Å². The summed E-state index contributed by atoms with van der Waals surface area (Å²) in [5, 5.41) is 5.60. The van der Waals surface area contributed by atoms with Crippen LogP contribution in [0.25, 0.3) is 0 Å². The lowest BCUT2D eigenvalue weighted by Gasteiger charge is -2.31. The first-order chi connectivity index (χ1) is 12.6. The summed E-state index contributed by atoms with van der Waals surface area (Å²) in [7, 11) is 8.71. The highest BCUT2D eigenvalue weighted by Gasteiger charge is 2.16. The minimum atomic E-state index is -0.118. The largest absolute Gasteiger partial charge is 1.00 e. The van der Waals surface area contributed by atoms with E-state index in [2.05, 4.69) is 52.0 Å². The molecule has 0 fully saturated rings. The van der Waals surface area contributed by atoms with E-state index >= 15 is 0 Å². The predicted octanol–water partition coefficient (Wildman–Crippen LogP) is -5.45. The molecular formula is C20H40Br2N4O3. The molecule has 0 spiro atoms. The maximum absolute atomic E-state index is 11.1. The van der Waals surface area contributed by atoms with E-state index < -0.39 is 0 Å². The lowest BCUT2D eigenvalue weighted by Crippen LogP contribution is -3.00. The molecule has 172 valence electrons. The van der Waals surface area contributed by atoms with Crippen molar-refractivity contribution in [2.24, 2.45) is 0 Å². The number of nitrogens with zero attached hydrogens (tertiary/aromatic N) is 2. The van der Waals surface area contributed by atoms with Crippen molar-refractivity contribution >= 4 is 11.8 Å². The van der Waals surface area contributed by atoms with Crippen molar-refractivity contribution in [2.75, 3.05) is 80.7 Å². The monoisotopic (exact) mass is 542 g/mol. The molecule has 0 aliphatic rings. The zero-order chi connectivity index (χ0) is 20.8. The Morgan fingerprint density at radius 1 is 0.759 bits per heavy atom. The normalized spacial score (nSPS) is 10.9. The van der Waals surface area contributed by atoms with Crippen LogP contribution < -0.4 is 44.6 Å². The Morgan fingerprint density at radius 3 is 1.41 bits per heavy atom. The van der Waals surface area contributed by atoms with Gasteiger partial charge in [-0.05, 0) is 12.2 Å². The van der Waals surface area contributed by atoms with Crippen molar-refractivity contribution < 1.29 is 57.3 Å². The molecule has 0 radical (unpaired) electrons. The van der Waals surface area contributed by atoms with Gasteiger partial charge >= 0.3 is 0 Å². The first-order valence-electron chi connectivity index (χ1n) is 9.64. The highest BCUT2D eigenvalue weighted by atomic mass is 79.9. The van der Waals surface area contributed by atoms with Crippen LogP contribution in [-0.4, -0.2) is 101 Å². The predicted molar refractivity (Wildman–Crippen MR) is 110 cm³/mol. The van der Waals surface area contributed by atoms with Crippen LogP contribution in [0.3, 0.4) is 0 Å². The number of likely N-dealkylation sites (N-methyl/N-ethyl adjacent to an activating group) is 2. The van der Waals surface area contributed by atoms with Gasteiger partial charge in [0.05, 0.1) is 54.5 Å². The summed E-state index contributed by atoms with van der Waals surface area (Å²) >= 11 is 0. The summed E-state index contributed by atoms with van der Waals surface area (Å²) in [6, 6.07) is 0. The van der Waals surface area contributed by atoms with Crippen molar-refractivity contribution in [1.29, 1.82) is 0 Å². The second-order valence-corrected chi connectivity index (χ2v) is 8.08. The van der Waals surface area contributed by atoms with Gasteiger partial charge in [0.25, 0.3) is 0 Å². The second-order valence-electron chi connectivity index (χ2n) is 8.08. The molecule has 0 heterocycles. The third-order valence-corrected chi connectivity index (χ3v) is 4.53. The number of ether oxygens (including phenoxy) is 1. The van der Waals surface area contributed by atoms with E-state index in [1.807, 2.05) is 0 Å². The summed E-state index contributed by atoms with van der Waals surface area (Å²) in [5.41, 5.74) is 0. The average Bonchev–Trinajstić information content (AvgIpc) is 2.61. The fourth-order valence-electron chi connectivity index (χ4n) is 2.53. The van der Waals surface area contributed by atoms with Crippen LogP contribution in [0, 0.1) is 0 Å². The van der Waals surface area contributed by atoms with Crippen molar-refractivity contribution in [3.05, 3.63) is 25.3 Å². The fraction of sp³-hybridized carbons (Fsp3) is 0.700. The van der Waals surface area contributed by atoms with E-state index in [4.69, 9.17) is 4.74 Å². The smallest absolute Gasteiger partial charge is 0.243 e. The van der Waals surface area contributed by atoms with Crippen molar-refractivity contribution in [3.8, 4) is 0 Å². The Morgan fingerprint density at radius 2 is 1.10 bits per heavy atom. The number of nitrogens with one attached hydrogen (secondary N) is 2. The third-order valence-electron chi connectivity index (χ3n) is 4.53. The fourth-order valence-corrected chi connectivity index (χ4v) is 2.53. The average molecular weight is 544 g/mol.